The van der Waals surface area contributed by atoms with E-state index in [1.165, 1.54) is 6.42 Å². The average Bonchev–Trinajstić information content (AvgIpc) is 3.05. The van der Waals surface area contributed by atoms with Crippen molar-refractivity contribution in [3.05, 3.63) is 29.1 Å². The molecular formula is C16H19N3OS. The van der Waals surface area contributed by atoms with Crippen molar-refractivity contribution in [2.45, 2.75) is 32.6 Å². The van der Waals surface area contributed by atoms with Crippen LogP contribution in [0.3, 0.4) is 0 Å². The molecule has 1 aromatic carbocycles. The third-order valence-electron chi connectivity index (χ3n) is 3.78. The third kappa shape index (κ3) is 2.78. The molecule has 0 aliphatic carbocycles. The Kier molecular flexibility index (Phi) is 3.92. The number of carbonyl (C=O) groups is 1. The zero-order chi connectivity index (χ0) is 14.8. The third-order valence-corrected chi connectivity index (χ3v) is 4.58. The zero-order valence-corrected chi connectivity index (χ0v) is 13.1. The summed E-state index contributed by atoms with van der Waals surface area (Å²) in [6.07, 6.45) is 2.33. The standard InChI is InChI=1S/C16H19N3OS/c1-3-4-7-17-16-19-14(9-21-16)11-5-6-13-12(8-11)10(2)15(20)18-13/h5-6,8-10H,3-4,7H2,1-2H3,(H,17,19)(H,18,20)/t10-/m0/s1. The van der Waals surface area contributed by atoms with Crippen LogP contribution in [0.4, 0.5) is 10.8 Å². The first-order valence-corrected chi connectivity index (χ1v) is 8.21. The molecule has 1 aliphatic heterocycles. The van der Waals surface area contributed by atoms with Gasteiger partial charge in [-0.2, -0.15) is 0 Å². The monoisotopic (exact) mass is 301 g/mol. The van der Waals surface area contributed by atoms with E-state index in [4.69, 9.17) is 0 Å². The van der Waals surface area contributed by atoms with E-state index in [1.54, 1.807) is 11.3 Å². The molecule has 0 saturated carbocycles. The van der Waals surface area contributed by atoms with Crippen molar-refractivity contribution in [1.29, 1.82) is 0 Å². The van der Waals surface area contributed by atoms with Crippen LogP contribution in [-0.4, -0.2) is 17.4 Å². The van der Waals surface area contributed by atoms with Crippen LogP contribution < -0.4 is 10.6 Å². The highest BCUT2D eigenvalue weighted by Gasteiger charge is 2.26. The number of amides is 1. The number of rotatable bonds is 5. The van der Waals surface area contributed by atoms with Crippen LogP contribution in [0.25, 0.3) is 11.3 Å². The maximum absolute atomic E-state index is 11.7. The summed E-state index contributed by atoms with van der Waals surface area (Å²) in [5, 5.41) is 9.26. The van der Waals surface area contributed by atoms with Gasteiger partial charge in [0.25, 0.3) is 0 Å². The lowest BCUT2D eigenvalue weighted by atomic mass is 10.00. The van der Waals surface area contributed by atoms with Crippen LogP contribution >= 0.6 is 11.3 Å². The van der Waals surface area contributed by atoms with Crippen molar-refractivity contribution in [1.82, 2.24) is 4.98 Å². The van der Waals surface area contributed by atoms with E-state index in [2.05, 4.69) is 34.0 Å². The fourth-order valence-electron chi connectivity index (χ4n) is 2.44. The molecule has 0 saturated heterocycles. The van der Waals surface area contributed by atoms with Gasteiger partial charge in [-0.1, -0.05) is 19.4 Å². The second-order valence-electron chi connectivity index (χ2n) is 5.33. The van der Waals surface area contributed by atoms with Gasteiger partial charge in [0, 0.05) is 23.2 Å². The second kappa shape index (κ2) is 5.85. The molecule has 21 heavy (non-hydrogen) atoms. The molecule has 0 bridgehead atoms. The molecule has 110 valence electrons. The number of thiazole rings is 1. The lowest BCUT2D eigenvalue weighted by molar-refractivity contribution is -0.116. The Bertz CT molecular complexity index is 665. The first-order chi connectivity index (χ1) is 10.2. The maximum atomic E-state index is 11.7. The van der Waals surface area contributed by atoms with Gasteiger partial charge in [0.15, 0.2) is 5.13 Å². The van der Waals surface area contributed by atoms with E-state index >= 15 is 0 Å². The van der Waals surface area contributed by atoms with E-state index in [0.717, 1.165) is 40.6 Å². The van der Waals surface area contributed by atoms with Crippen molar-refractivity contribution in [3.63, 3.8) is 0 Å². The highest BCUT2D eigenvalue weighted by Crippen LogP contribution is 2.36. The van der Waals surface area contributed by atoms with Gasteiger partial charge in [-0.15, -0.1) is 11.3 Å². The molecule has 4 nitrogen and oxygen atoms in total. The topological polar surface area (TPSA) is 54.0 Å². The van der Waals surface area contributed by atoms with Crippen molar-refractivity contribution >= 4 is 28.1 Å². The molecular weight excluding hydrogens is 282 g/mol. The number of fused-ring (bicyclic) bond motifs is 1. The summed E-state index contributed by atoms with van der Waals surface area (Å²) < 4.78 is 0. The fraction of sp³-hybridized carbons (Fsp3) is 0.375. The Morgan fingerprint density at radius 2 is 2.29 bits per heavy atom. The van der Waals surface area contributed by atoms with Crippen LogP contribution in [0.5, 0.6) is 0 Å². The smallest absolute Gasteiger partial charge is 0.231 e. The molecule has 0 fully saturated rings. The molecule has 5 heteroatoms. The molecule has 1 aliphatic rings. The van der Waals surface area contributed by atoms with Gasteiger partial charge >= 0.3 is 0 Å². The minimum atomic E-state index is -0.0827. The SMILES string of the molecule is CCCCNc1nc(-c2ccc3c(c2)[C@H](C)C(=O)N3)cs1. The Hall–Kier alpha value is -1.88. The minimum Gasteiger partial charge on any atom is -0.362 e. The summed E-state index contributed by atoms with van der Waals surface area (Å²) in [7, 11) is 0. The van der Waals surface area contributed by atoms with E-state index in [-0.39, 0.29) is 11.8 Å². The van der Waals surface area contributed by atoms with Gasteiger partial charge in [0.2, 0.25) is 5.91 Å². The maximum Gasteiger partial charge on any atom is 0.231 e. The number of hydrogen-bond acceptors (Lipinski definition) is 4. The Balaban J connectivity index is 1.80. The minimum absolute atomic E-state index is 0.0716. The molecule has 1 atom stereocenters. The summed E-state index contributed by atoms with van der Waals surface area (Å²) in [5.41, 5.74) is 4.02. The van der Waals surface area contributed by atoms with Gasteiger partial charge in [-0.3, -0.25) is 4.79 Å². The average molecular weight is 301 g/mol. The molecule has 0 radical (unpaired) electrons. The van der Waals surface area contributed by atoms with Gasteiger partial charge in [-0.05, 0) is 31.0 Å². The molecule has 1 amide bonds. The Morgan fingerprint density at radius 1 is 1.43 bits per heavy atom. The number of hydrogen-bond donors (Lipinski definition) is 2. The summed E-state index contributed by atoms with van der Waals surface area (Å²) in [6.45, 7) is 5.07. The van der Waals surface area contributed by atoms with Crippen molar-refractivity contribution in [2.75, 3.05) is 17.2 Å². The largest absolute Gasteiger partial charge is 0.362 e. The van der Waals surface area contributed by atoms with Crippen molar-refractivity contribution in [2.24, 2.45) is 0 Å². The first kappa shape index (κ1) is 14.1. The van der Waals surface area contributed by atoms with E-state index in [1.807, 2.05) is 19.1 Å². The second-order valence-corrected chi connectivity index (χ2v) is 6.19. The summed E-state index contributed by atoms with van der Waals surface area (Å²) in [5.74, 6) is -0.0110. The number of anilines is 2. The number of nitrogens with zero attached hydrogens (tertiary/aromatic N) is 1. The highest BCUT2D eigenvalue weighted by molar-refractivity contribution is 7.14. The summed E-state index contributed by atoms with van der Waals surface area (Å²) >= 11 is 1.62. The molecule has 2 aromatic rings. The van der Waals surface area contributed by atoms with E-state index in [9.17, 15) is 4.79 Å². The van der Waals surface area contributed by atoms with Crippen LogP contribution in [0.15, 0.2) is 23.6 Å². The number of unbranched alkanes of at least 4 members (excludes halogenated alkanes) is 1. The molecule has 0 spiro atoms. The van der Waals surface area contributed by atoms with Crippen LogP contribution in [0.1, 0.15) is 38.2 Å². The lowest BCUT2D eigenvalue weighted by Crippen LogP contribution is -2.08. The first-order valence-electron chi connectivity index (χ1n) is 7.33. The van der Waals surface area contributed by atoms with E-state index < -0.39 is 0 Å². The number of benzene rings is 1. The Labute approximate surface area is 128 Å². The lowest BCUT2D eigenvalue weighted by Gasteiger charge is -2.04. The zero-order valence-electron chi connectivity index (χ0n) is 12.3. The van der Waals surface area contributed by atoms with Gasteiger partial charge < -0.3 is 10.6 Å². The molecule has 2 heterocycles. The summed E-state index contributed by atoms with van der Waals surface area (Å²) in [4.78, 5) is 16.3. The van der Waals surface area contributed by atoms with Crippen molar-refractivity contribution < 1.29 is 4.79 Å². The fourth-order valence-corrected chi connectivity index (χ4v) is 3.18. The number of nitrogens with one attached hydrogen (secondary N) is 2. The van der Waals surface area contributed by atoms with E-state index in [0.29, 0.717) is 0 Å². The van der Waals surface area contributed by atoms with Crippen LogP contribution in [0.2, 0.25) is 0 Å². The highest BCUT2D eigenvalue weighted by atomic mass is 32.1. The van der Waals surface area contributed by atoms with Crippen molar-refractivity contribution in [3.8, 4) is 11.3 Å². The van der Waals surface area contributed by atoms with Crippen LogP contribution in [-0.2, 0) is 4.79 Å². The molecule has 2 N–H and O–H groups in total. The van der Waals surface area contributed by atoms with Gasteiger partial charge in [0.05, 0.1) is 11.6 Å². The predicted molar refractivity (Wildman–Crippen MR) is 88.0 cm³/mol. The Morgan fingerprint density at radius 3 is 3.10 bits per heavy atom. The number of carbonyl (C=O) groups excluding carboxylic acids is 1. The normalized spacial score (nSPS) is 16.7. The summed E-state index contributed by atoms with van der Waals surface area (Å²) in [6, 6.07) is 6.06. The van der Waals surface area contributed by atoms with Crippen LogP contribution in [0, 0.1) is 0 Å². The van der Waals surface area contributed by atoms with Gasteiger partial charge in [-0.25, -0.2) is 4.98 Å². The number of aromatic nitrogens is 1. The molecule has 0 unspecified atom stereocenters. The molecule has 3 rings (SSSR count). The van der Waals surface area contributed by atoms with Gasteiger partial charge in [0.1, 0.15) is 0 Å². The molecule has 1 aromatic heterocycles. The quantitative estimate of drug-likeness (QED) is 0.818. The predicted octanol–water partition coefficient (Wildman–Crippen LogP) is 4.08.